The van der Waals surface area contributed by atoms with E-state index in [9.17, 15) is 9.59 Å². The van der Waals surface area contributed by atoms with E-state index < -0.39 is 5.54 Å². The molecule has 134 valence electrons. The largest absolute Gasteiger partial charge is 0.325 e. The maximum atomic E-state index is 12.9. The number of nitrogens with one attached hydrogen (secondary N) is 2. The molecule has 3 heterocycles. The van der Waals surface area contributed by atoms with Crippen LogP contribution in [-0.4, -0.2) is 45.1 Å². The molecule has 0 saturated carbocycles. The zero-order valence-corrected chi connectivity index (χ0v) is 15.8. The van der Waals surface area contributed by atoms with Crippen molar-refractivity contribution in [2.45, 2.75) is 51.6 Å². The fourth-order valence-electron chi connectivity index (χ4n) is 3.44. The van der Waals surface area contributed by atoms with Crippen LogP contribution in [0.3, 0.4) is 0 Å². The molecule has 2 aliphatic heterocycles. The van der Waals surface area contributed by atoms with Crippen molar-refractivity contribution >= 4 is 35.9 Å². The summed E-state index contributed by atoms with van der Waals surface area (Å²) in [5.41, 5.74) is 0.0704. The predicted molar refractivity (Wildman–Crippen MR) is 94.3 cm³/mol. The normalized spacial score (nSPS) is 25.1. The van der Waals surface area contributed by atoms with E-state index in [1.54, 1.807) is 0 Å². The summed E-state index contributed by atoms with van der Waals surface area (Å²) in [6.07, 6.45) is 1.80. The monoisotopic (exact) mass is 373 g/mol. The minimum absolute atomic E-state index is 0. The fraction of sp³-hybridized carbons (Fsp3) is 0.733. The second kappa shape index (κ2) is 7.33. The van der Waals surface area contributed by atoms with Crippen molar-refractivity contribution in [1.82, 2.24) is 25.1 Å². The van der Waals surface area contributed by atoms with E-state index in [-0.39, 0.29) is 42.7 Å². The Balaban J connectivity index is 0.00000208. The van der Waals surface area contributed by atoms with Gasteiger partial charge in [-0.3, -0.25) is 9.69 Å². The smallest absolute Gasteiger partial charge is 0.323 e. The number of rotatable bonds is 4. The molecule has 24 heavy (non-hydrogen) atoms. The second-order valence-corrected chi connectivity index (χ2v) is 7.62. The van der Waals surface area contributed by atoms with Gasteiger partial charge in [-0.1, -0.05) is 18.3 Å². The van der Waals surface area contributed by atoms with Crippen LogP contribution in [0.25, 0.3) is 0 Å². The first-order valence-electron chi connectivity index (χ1n) is 8.09. The number of nitrogens with zero attached hydrogens (tertiary/aromatic N) is 3. The molecule has 9 heteroatoms. The van der Waals surface area contributed by atoms with Gasteiger partial charge in [0.15, 0.2) is 0 Å². The van der Waals surface area contributed by atoms with Crippen molar-refractivity contribution in [1.29, 1.82) is 0 Å². The van der Waals surface area contributed by atoms with Gasteiger partial charge in [0.1, 0.15) is 5.54 Å². The molecule has 2 N–H and O–H groups in total. The highest BCUT2D eigenvalue weighted by Crippen LogP contribution is 2.33. The van der Waals surface area contributed by atoms with Crippen LogP contribution in [0.15, 0.2) is 0 Å². The van der Waals surface area contributed by atoms with E-state index in [2.05, 4.69) is 20.2 Å². The van der Waals surface area contributed by atoms with Gasteiger partial charge in [-0.25, -0.2) is 4.79 Å². The lowest BCUT2D eigenvalue weighted by Gasteiger charge is -2.34. The van der Waals surface area contributed by atoms with Gasteiger partial charge in [-0.15, -0.1) is 17.5 Å². The van der Waals surface area contributed by atoms with Gasteiger partial charge >= 0.3 is 6.03 Å². The Morgan fingerprint density at radius 3 is 2.62 bits per heavy atom. The molecule has 2 saturated heterocycles. The highest BCUT2D eigenvalue weighted by Gasteiger charge is 2.52. The van der Waals surface area contributed by atoms with Crippen LogP contribution in [0.2, 0.25) is 0 Å². The fourth-order valence-corrected chi connectivity index (χ4v) is 4.23. The molecule has 0 bridgehead atoms. The summed E-state index contributed by atoms with van der Waals surface area (Å²) in [5.74, 6) is 0.271. The standard InChI is InChI=1S/C15H23N5O2S.ClH/c1-9(2)12-11(23-19-18-12)8-20-13(21)15(3,17-14(20)22)10-4-6-16-7-5-10;/h9-10,16H,4-8H2,1-3H3,(H,17,22);1H. The summed E-state index contributed by atoms with van der Waals surface area (Å²) in [7, 11) is 0. The summed E-state index contributed by atoms with van der Waals surface area (Å²) in [6.45, 7) is 7.96. The zero-order valence-electron chi connectivity index (χ0n) is 14.2. The molecule has 2 fully saturated rings. The van der Waals surface area contributed by atoms with E-state index in [1.807, 2.05) is 20.8 Å². The number of carbonyl (C=O) groups is 2. The second-order valence-electron chi connectivity index (χ2n) is 6.78. The van der Waals surface area contributed by atoms with E-state index >= 15 is 0 Å². The SMILES string of the molecule is CC(C)c1nnsc1CN1C(=O)NC(C)(C2CCNCC2)C1=O.Cl. The minimum atomic E-state index is -0.796. The number of aromatic nitrogens is 2. The Bertz CT molecular complexity index is 617. The molecule has 7 nitrogen and oxygen atoms in total. The van der Waals surface area contributed by atoms with Gasteiger partial charge < -0.3 is 10.6 Å². The van der Waals surface area contributed by atoms with Crippen molar-refractivity contribution in [2.24, 2.45) is 5.92 Å². The summed E-state index contributed by atoms with van der Waals surface area (Å²) in [5, 5.41) is 10.4. The summed E-state index contributed by atoms with van der Waals surface area (Å²) in [6, 6.07) is -0.306. The molecular formula is C15H24ClN5O2S. The molecule has 3 amide bonds. The van der Waals surface area contributed by atoms with Crippen LogP contribution in [0.4, 0.5) is 4.79 Å². The summed E-state index contributed by atoms with van der Waals surface area (Å²) in [4.78, 5) is 27.5. The van der Waals surface area contributed by atoms with Gasteiger partial charge in [0.05, 0.1) is 17.1 Å². The highest BCUT2D eigenvalue weighted by molar-refractivity contribution is 7.05. The third-order valence-corrected chi connectivity index (χ3v) is 5.61. The maximum absolute atomic E-state index is 12.9. The molecular weight excluding hydrogens is 350 g/mol. The van der Waals surface area contributed by atoms with Crippen LogP contribution in [0, 0.1) is 5.92 Å². The number of imide groups is 1. The molecule has 1 unspecified atom stereocenters. The lowest BCUT2D eigenvalue weighted by molar-refractivity contribution is -0.133. The Kier molecular flexibility index (Phi) is 5.83. The van der Waals surface area contributed by atoms with E-state index in [0.29, 0.717) is 0 Å². The first-order valence-corrected chi connectivity index (χ1v) is 8.86. The van der Waals surface area contributed by atoms with Crippen LogP contribution in [0.1, 0.15) is 50.1 Å². The van der Waals surface area contributed by atoms with Crippen molar-refractivity contribution in [2.75, 3.05) is 13.1 Å². The summed E-state index contributed by atoms with van der Waals surface area (Å²) < 4.78 is 3.98. The number of hydrogen-bond donors (Lipinski definition) is 2. The van der Waals surface area contributed by atoms with Crippen LogP contribution in [0.5, 0.6) is 0 Å². The van der Waals surface area contributed by atoms with Gasteiger partial charge in [-0.05, 0) is 56.2 Å². The van der Waals surface area contributed by atoms with Crippen LogP contribution >= 0.6 is 23.9 Å². The minimum Gasteiger partial charge on any atom is -0.323 e. The maximum Gasteiger partial charge on any atom is 0.325 e. The lowest BCUT2D eigenvalue weighted by Crippen LogP contribution is -2.53. The molecule has 3 rings (SSSR count). The Morgan fingerprint density at radius 1 is 1.33 bits per heavy atom. The van der Waals surface area contributed by atoms with Gasteiger partial charge in [0, 0.05) is 0 Å². The molecule has 1 aromatic heterocycles. The van der Waals surface area contributed by atoms with Crippen LogP contribution in [-0.2, 0) is 11.3 Å². The highest BCUT2D eigenvalue weighted by atomic mass is 35.5. The number of hydrogen-bond acceptors (Lipinski definition) is 6. The lowest BCUT2D eigenvalue weighted by atomic mass is 9.79. The third-order valence-electron chi connectivity index (χ3n) is 4.89. The van der Waals surface area contributed by atoms with Gasteiger partial charge in [-0.2, -0.15) is 0 Å². The number of carbonyl (C=O) groups excluding carboxylic acids is 2. The number of halogens is 1. The topological polar surface area (TPSA) is 87.2 Å². The van der Waals surface area contributed by atoms with Crippen LogP contribution < -0.4 is 10.6 Å². The van der Waals surface area contributed by atoms with E-state index in [1.165, 1.54) is 16.4 Å². The van der Waals surface area contributed by atoms with Crippen molar-refractivity contribution in [3.8, 4) is 0 Å². The average molecular weight is 374 g/mol. The Morgan fingerprint density at radius 2 is 2.00 bits per heavy atom. The first kappa shape index (κ1) is 19.1. The number of amides is 3. The van der Waals surface area contributed by atoms with E-state index in [0.717, 1.165) is 36.5 Å². The Hall–Kier alpha value is -1.25. The number of urea groups is 1. The quantitative estimate of drug-likeness (QED) is 0.787. The Labute approximate surface area is 152 Å². The first-order chi connectivity index (χ1) is 10.9. The van der Waals surface area contributed by atoms with Gasteiger partial charge in [0.25, 0.3) is 5.91 Å². The average Bonchev–Trinajstić information content (AvgIpc) is 3.08. The molecule has 0 aliphatic carbocycles. The molecule has 2 aliphatic rings. The third kappa shape index (κ3) is 3.27. The molecule has 1 aromatic rings. The van der Waals surface area contributed by atoms with Crippen molar-refractivity contribution in [3.05, 3.63) is 10.6 Å². The molecule has 1 atom stereocenters. The molecule has 0 spiro atoms. The zero-order chi connectivity index (χ0) is 16.6. The van der Waals surface area contributed by atoms with E-state index in [4.69, 9.17) is 0 Å². The van der Waals surface area contributed by atoms with Crippen molar-refractivity contribution < 1.29 is 9.59 Å². The molecule has 0 radical (unpaired) electrons. The van der Waals surface area contributed by atoms with Gasteiger partial charge in [0.2, 0.25) is 0 Å². The summed E-state index contributed by atoms with van der Waals surface area (Å²) >= 11 is 1.26. The molecule has 0 aromatic carbocycles. The van der Waals surface area contributed by atoms with Crippen molar-refractivity contribution in [3.63, 3.8) is 0 Å². The predicted octanol–water partition coefficient (Wildman–Crippen LogP) is 1.89. The number of piperidine rings is 1.